The van der Waals surface area contributed by atoms with E-state index in [1.165, 1.54) is 25.3 Å². The smallest absolute Gasteiger partial charge is 0.335 e. The molecule has 2 aromatic carbocycles. The Balaban J connectivity index is 1.94. The summed E-state index contributed by atoms with van der Waals surface area (Å²) in [5.41, 5.74) is 4.19. The van der Waals surface area contributed by atoms with Gasteiger partial charge in [-0.25, -0.2) is 10.2 Å². The summed E-state index contributed by atoms with van der Waals surface area (Å²) in [5, 5.41) is 15.2. The lowest BCUT2D eigenvalue weighted by molar-refractivity contribution is -0.114. The average Bonchev–Trinajstić information content (AvgIpc) is 2.55. The first kappa shape index (κ1) is 16.9. The molecule has 0 bridgehead atoms. The van der Waals surface area contributed by atoms with Crippen molar-refractivity contribution < 1.29 is 19.5 Å². The fourth-order valence-electron chi connectivity index (χ4n) is 1.85. The Labute approximate surface area is 138 Å². The first-order valence-corrected chi connectivity index (χ1v) is 7.00. The standard InChI is InChI=1S/C17H15N3O4/c1-11(21)19-15-8-6-13(7-9-15)16(22)20-18-10-12-2-4-14(5-3-12)17(23)24/h2-10H,1H3,(H,19,21)(H,20,22)(H,23,24)/b18-10-. The number of carboxylic acids is 1. The van der Waals surface area contributed by atoms with E-state index >= 15 is 0 Å². The lowest BCUT2D eigenvalue weighted by Crippen LogP contribution is -2.17. The molecule has 0 aromatic heterocycles. The quantitative estimate of drug-likeness (QED) is 0.578. The van der Waals surface area contributed by atoms with E-state index in [9.17, 15) is 14.4 Å². The number of carboxylic acid groups (broad SMARTS) is 1. The fraction of sp³-hybridized carbons (Fsp3) is 0.0588. The Morgan fingerprint density at radius 1 is 0.958 bits per heavy atom. The summed E-state index contributed by atoms with van der Waals surface area (Å²) < 4.78 is 0. The van der Waals surface area contributed by atoms with Crippen molar-refractivity contribution >= 4 is 29.7 Å². The number of hydrazone groups is 1. The van der Waals surface area contributed by atoms with Gasteiger partial charge in [0.1, 0.15) is 0 Å². The molecule has 0 saturated carbocycles. The lowest BCUT2D eigenvalue weighted by atomic mass is 10.1. The number of rotatable bonds is 5. The normalized spacial score (nSPS) is 10.4. The molecule has 0 aliphatic heterocycles. The van der Waals surface area contributed by atoms with E-state index in [-0.39, 0.29) is 11.5 Å². The van der Waals surface area contributed by atoms with Gasteiger partial charge in [-0.2, -0.15) is 5.10 Å². The van der Waals surface area contributed by atoms with Crippen LogP contribution in [0.4, 0.5) is 5.69 Å². The Morgan fingerprint density at radius 2 is 1.54 bits per heavy atom. The van der Waals surface area contributed by atoms with Crippen molar-refractivity contribution in [2.45, 2.75) is 6.92 Å². The predicted octanol–water partition coefficient (Wildman–Crippen LogP) is 2.11. The minimum Gasteiger partial charge on any atom is -0.478 e. The third kappa shape index (κ3) is 4.77. The van der Waals surface area contributed by atoms with E-state index in [4.69, 9.17) is 5.11 Å². The van der Waals surface area contributed by atoms with Crippen LogP contribution in [0.15, 0.2) is 53.6 Å². The van der Waals surface area contributed by atoms with E-state index in [1.807, 2.05) is 0 Å². The van der Waals surface area contributed by atoms with Gasteiger partial charge in [0.2, 0.25) is 5.91 Å². The number of hydrogen-bond acceptors (Lipinski definition) is 4. The number of anilines is 1. The number of nitrogens with zero attached hydrogens (tertiary/aromatic N) is 1. The Morgan fingerprint density at radius 3 is 2.08 bits per heavy atom. The van der Waals surface area contributed by atoms with Gasteiger partial charge in [-0.15, -0.1) is 0 Å². The van der Waals surface area contributed by atoms with Gasteiger partial charge < -0.3 is 10.4 Å². The van der Waals surface area contributed by atoms with E-state index in [0.717, 1.165) is 0 Å². The molecule has 0 aliphatic rings. The molecule has 7 nitrogen and oxygen atoms in total. The summed E-state index contributed by atoms with van der Waals surface area (Å²) >= 11 is 0. The molecular formula is C17H15N3O4. The average molecular weight is 325 g/mol. The Hall–Kier alpha value is -3.48. The lowest BCUT2D eigenvalue weighted by Gasteiger charge is -2.03. The van der Waals surface area contributed by atoms with Crippen LogP contribution in [0.1, 0.15) is 33.2 Å². The second-order valence-electron chi connectivity index (χ2n) is 4.88. The molecule has 7 heteroatoms. The summed E-state index contributed by atoms with van der Waals surface area (Å²) in [6.45, 7) is 1.40. The zero-order chi connectivity index (χ0) is 17.5. The highest BCUT2D eigenvalue weighted by Gasteiger charge is 2.04. The summed E-state index contributed by atoms with van der Waals surface area (Å²) in [7, 11) is 0. The number of aromatic carboxylic acids is 1. The van der Waals surface area contributed by atoms with Gasteiger partial charge in [0.15, 0.2) is 0 Å². The van der Waals surface area contributed by atoms with Crippen molar-refractivity contribution in [3.05, 3.63) is 65.2 Å². The van der Waals surface area contributed by atoms with Crippen LogP contribution in [0, 0.1) is 0 Å². The second kappa shape index (κ2) is 7.68. The Kier molecular flexibility index (Phi) is 5.40. The number of carbonyl (C=O) groups is 3. The number of amides is 2. The van der Waals surface area contributed by atoms with Gasteiger partial charge in [-0.1, -0.05) is 12.1 Å². The van der Waals surface area contributed by atoms with Crippen LogP contribution in [-0.2, 0) is 4.79 Å². The first-order chi connectivity index (χ1) is 11.5. The van der Waals surface area contributed by atoms with Crippen LogP contribution in [0.5, 0.6) is 0 Å². The third-order valence-corrected chi connectivity index (χ3v) is 3.00. The van der Waals surface area contributed by atoms with E-state index in [1.54, 1.807) is 36.4 Å². The fourth-order valence-corrected chi connectivity index (χ4v) is 1.85. The first-order valence-electron chi connectivity index (χ1n) is 7.00. The molecule has 122 valence electrons. The highest BCUT2D eigenvalue weighted by Crippen LogP contribution is 2.09. The van der Waals surface area contributed by atoms with Crippen molar-refractivity contribution in [2.75, 3.05) is 5.32 Å². The molecule has 2 rings (SSSR count). The molecule has 24 heavy (non-hydrogen) atoms. The molecule has 0 saturated heterocycles. The SMILES string of the molecule is CC(=O)Nc1ccc(C(=O)N/N=C\c2ccc(C(=O)O)cc2)cc1. The van der Waals surface area contributed by atoms with Gasteiger partial charge in [0, 0.05) is 18.2 Å². The maximum Gasteiger partial charge on any atom is 0.335 e. The Bertz CT molecular complexity index is 780. The van der Waals surface area contributed by atoms with Crippen LogP contribution < -0.4 is 10.7 Å². The molecule has 2 amide bonds. The highest BCUT2D eigenvalue weighted by atomic mass is 16.4. The van der Waals surface area contributed by atoms with Crippen LogP contribution in [0.2, 0.25) is 0 Å². The van der Waals surface area contributed by atoms with Gasteiger partial charge in [0.25, 0.3) is 5.91 Å². The summed E-state index contributed by atoms with van der Waals surface area (Å²) in [4.78, 5) is 33.6. The van der Waals surface area contributed by atoms with E-state index < -0.39 is 11.9 Å². The number of nitrogens with one attached hydrogen (secondary N) is 2. The third-order valence-electron chi connectivity index (χ3n) is 3.00. The van der Waals surface area contributed by atoms with Crippen LogP contribution >= 0.6 is 0 Å². The zero-order valence-electron chi connectivity index (χ0n) is 12.8. The maximum absolute atomic E-state index is 11.9. The van der Waals surface area contributed by atoms with Gasteiger partial charge in [-0.05, 0) is 42.0 Å². The molecule has 0 fully saturated rings. The maximum atomic E-state index is 11.9. The van der Waals surface area contributed by atoms with Gasteiger partial charge >= 0.3 is 5.97 Å². The molecule has 3 N–H and O–H groups in total. The zero-order valence-corrected chi connectivity index (χ0v) is 12.8. The molecular weight excluding hydrogens is 310 g/mol. The molecule has 0 aliphatic carbocycles. The van der Waals surface area contributed by atoms with E-state index in [2.05, 4.69) is 15.8 Å². The van der Waals surface area contributed by atoms with E-state index in [0.29, 0.717) is 16.8 Å². The van der Waals surface area contributed by atoms with Gasteiger partial charge in [-0.3, -0.25) is 9.59 Å². The minimum atomic E-state index is -1.01. The molecule has 0 radical (unpaired) electrons. The van der Waals surface area contributed by atoms with Gasteiger partial charge in [0.05, 0.1) is 11.8 Å². The summed E-state index contributed by atoms with van der Waals surface area (Å²) in [6, 6.07) is 12.4. The number of carbonyl (C=O) groups excluding carboxylic acids is 2. The van der Waals surface area contributed by atoms with Crippen LogP contribution in [-0.4, -0.2) is 29.1 Å². The molecule has 0 heterocycles. The van der Waals surface area contributed by atoms with Crippen molar-refractivity contribution in [2.24, 2.45) is 5.10 Å². The topological polar surface area (TPSA) is 108 Å². The van der Waals surface area contributed by atoms with Crippen molar-refractivity contribution in [1.29, 1.82) is 0 Å². The van der Waals surface area contributed by atoms with Crippen molar-refractivity contribution in [3.63, 3.8) is 0 Å². The highest BCUT2D eigenvalue weighted by molar-refractivity contribution is 5.96. The monoisotopic (exact) mass is 325 g/mol. The summed E-state index contributed by atoms with van der Waals surface area (Å²) in [5.74, 6) is -1.59. The van der Waals surface area contributed by atoms with Crippen LogP contribution in [0.25, 0.3) is 0 Å². The van der Waals surface area contributed by atoms with Crippen molar-refractivity contribution in [3.8, 4) is 0 Å². The number of benzene rings is 2. The van der Waals surface area contributed by atoms with Crippen LogP contribution in [0.3, 0.4) is 0 Å². The largest absolute Gasteiger partial charge is 0.478 e. The molecule has 2 aromatic rings. The summed E-state index contributed by atoms with van der Waals surface area (Å²) in [6.07, 6.45) is 1.41. The van der Waals surface area contributed by atoms with Crippen molar-refractivity contribution in [1.82, 2.24) is 5.43 Å². The minimum absolute atomic E-state index is 0.176. The second-order valence-corrected chi connectivity index (χ2v) is 4.88. The molecule has 0 spiro atoms. The number of hydrogen-bond donors (Lipinski definition) is 3. The molecule has 0 unspecified atom stereocenters. The predicted molar refractivity (Wildman–Crippen MR) is 89.2 cm³/mol. The molecule has 0 atom stereocenters.